The van der Waals surface area contributed by atoms with Crippen molar-refractivity contribution in [3.63, 3.8) is 0 Å². The predicted octanol–water partition coefficient (Wildman–Crippen LogP) is 5.12. The van der Waals surface area contributed by atoms with Gasteiger partial charge in [-0.3, -0.25) is 4.79 Å². The van der Waals surface area contributed by atoms with E-state index in [4.69, 9.17) is 4.74 Å². The zero-order chi connectivity index (χ0) is 21.8. The Bertz CT molecular complexity index is 1050. The molecule has 6 heteroatoms. The minimum Gasteiger partial charge on any atom is -0.484 e. The summed E-state index contributed by atoms with van der Waals surface area (Å²) in [7, 11) is 0. The highest BCUT2D eigenvalue weighted by Gasteiger charge is 2.17. The normalized spacial score (nSPS) is 13.5. The largest absolute Gasteiger partial charge is 0.484 e. The van der Waals surface area contributed by atoms with Crippen molar-refractivity contribution in [2.75, 3.05) is 11.9 Å². The smallest absolute Gasteiger partial charge is 0.262 e. The van der Waals surface area contributed by atoms with Gasteiger partial charge in [0.25, 0.3) is 5.91 Å². The molecule has 0 aliphatic carbocycles. The molecule has 2 aromatic carbocycles. The second-order valence-electron chi connectivity index (χ2n) is 8.49. The van der Waals surface area contributed by atoms with Crippen LogP contribution in [0.1, 0.15) is 56.0 Å². The fraction of sp³-hybridized carbons (Fsp3) is 0.400. The van der Waals surface area contributed by atoms with Gasteiger partial charge in [0.1, 0.15) is 11.6 Å². The lowest BCUT2D eigenvalue weighted by atomic mass is 10.0. The minimum atomic E-state index is -0.187. The van der Waals surface area contributed by atoms with Gasteiger partial charge in [-0.1, -0.05) is 44.5 Å². The third-order valence-electron chi connectivity index (χ3n) is 5.80. The van der Waals surface area contributed by atoms with Gasteiger partial charge < -0.3 is 14.6 Å². The first-order valence-corrected chi connectivity index (χ1v) is 11.1. The van der Waals surface area contributed by atoms with Crippen molar-refractivity contribution in [1.29, 1.82) is 0 Å². The molecule has 3 aromatic rings. The van der Waals surface area contributed by atoms with E-state index in [0.717, 1.165) is 54.3 Å². The summed E-state index contributed by atoms with van der Waals surface area (Å²) in [6.45, 7) is 7.18. The summed E-state index contributed by atoms with van der Waals surface area (Å²) in [4.78, 5) is 12.5. The molecule has 31 heavy (non-hydrogen) atoms. The molecule has 0 atom stereocenters. The molecule has 1 aromatic heterocycles. The number of amides is 1. The van der Waals surface area contributed by atoms with Gasteiger partial charge in [0.2, 0.25) is 0 Å². The highest BCUT2D eigenvalue weighted by molar-refractivity contribution is 5.93. The molecule has 0 saturated carbocycles. The van der Waals surface area contributed by atoms with Gasteiger partial charge in [-0.25, -0.2) is 0 Å². The third kappa shape index (κ3) is 4.95. The van der Waals surface area contributed by atoms with Crippen LogP contribution >= 0.6 is 0 Å². The molecule has 4 rings (SSSR count). The Balaban J connectivity index is 1.44. The van der Waals surface area contributed by atoms with Crippen molar-refractivity contribution in [2.45, 2.75) is 58.9 Å². The zero-order valence-corrected chi connectivity index (χ0v) is 18.5. The summed E-state index contributed by atoms with van der Waals surface area (Å²) < 4.78 is 7.88. The van der Waals surface area contributed by atoms with Crippen LogP contribution in [0.4, 0.5) is 5.69 Å². The molecule has 1 amide bonds. The van der Waals surface area contributed by atoms with Crippen molar-refractivity contribution in [2.24, 2.45) is 0 Å². The van der Waals surface area contributed by atoms with Gasteiger partial charge in [0.15, 0.2) is 12.4 Å². The van der Waals surface area contributed by atoms with Crippen LogP contribution in [0.25, 0.3) is 11.4 Å². The number of fused-ring (bicyclic) bond motifs is 1. The van der Waals surface area contributed by atoms with E-state index < -0.39 is 0 Å². The van der Waals surface area contributed by atoms with Crippen LogP contribution in [0.2, 0.25) is 0 Å². The molecule has 1 aliphatic heterocycles. The average Bonchev–Trinajstić information content (AvgIpc) is 3.02. The maximum absolute atomic E-state index is 12.5. The van der Waals surface area contributed by atoms with Crippen molar-refractivity contribution in [3.8, 4) is 17.1 Å². The van der Waals surface area contributed by atoms with E-state index >= 15 is 0 Å². The lowest BCUT2D eigenvalue weighted by molar-refractivity contribution is -0.118. The van der Waals surface area contributed by atoms with E-state index in [1.807, 2.05) is 49.4 Å². The number of benzene rings is 2. The maximum atomic E-state index is 12.5. The standard InChI is InChI=1S/C25H30N4O2/c1-17(2)19-10-12-21(13-11-19)31-16-24(30)26-22-15-20(9-8-18(22)3)25-28-27-23-7-5-4-6-14-29(23)25/h8-13,15,17H,4-7,14,16H2,1-3H3,(H,26,30). The Morgan fingerprint density at radius 3 is 2.68 bits per heavy atom. The number of carbonyl (C=O) groups is 1. The Morgan fingerprint density at radius 1 is 1.10 bits per heavy atom. The number of aromatic nitrogens is 3. The monoisotopic (exact) mass is 418 g/mol. The summed E-state index contributed by atoms with van der Waals surface area (Å²) in [5, 5.41) is 11.8. The van der Waals surface area contributed by atoms with Gasteiger partial charge in [0.05, 0.1) is 0 Å². The number of hydrogen-bond acceptors (Lipinski definition) is 4. The summed E-state index contributed by atoms with van der Waals surface area (Å²) >= 11 is 0. The van der Waals surface area contributed by atoms with Gasteiger partial charge >= 0.3 is 0 Å². The molecule has 0 saturated heterocycles. The number of hydrogen-bond donors (Lipinski definition) is 1. The molecule has 2 heterocycles. The second kappa shape index (κ2) is 9.33. The number of nitrogens with one attached hydrogen (secondary N) is 1. The number of nitrogens with zero attached hydrogens (tertiary/aromatic N) is 3. The molecule has 1 N–H and O–H groups in total. The Morgan fingerprint density at radius 2 is 1.90 bits per heavy atom. The summed E-state index contributed by atoms with van der Waals surface area (Å²) in [5.41, 5.74) is 3.98. The van der Waals surface area contributed by atoms with E-state index in [2.05, 4.69) is 33.9 Å². The van der Waals surface area contributed by atoms with Crippen LogP contribution < -0.4 is 10.1 Å². The molecule has 0 fully saturated rings. The fourth-order valence-corrected chi connectivity index (χ4v) is 3.88. The van der Waals surface area contributed by atoms with Crippen molar-refractivity contribution in [1.82, 2.24) is 14.8 Å². The number of ether oxygens (including phenoxy) is 1. The van der Waals surface area contributed by atoms with E-state index in [1.165, 1.54) is 12.0 Å². The van der Waals surface area contributed by atoms with Crippen LogP contribution in [-0.4, -0.2) is 27.3 Å². The fourth-order valence-electron chi connectivity index (χ4n) is 3.88. The highest BCUT2D eigenvalue weighted by atomic mass is 16.5. The van der Waals surface area contributed by atoms with Crippen LogP contribution in [0.15, 0.2) is 42.5 Å². The molecule has 162 valence electrons. The summed E-state index contributed by atoms with van der Waals surface area (Å²) in [6, 6.07) is 13.9. The third-order valence-corrected chi connectivity index (χ3v) is 5.80. The number of anilines is 1. The second-order valence-corrected chi connectivity index (χ2v) is 8.49. The molecule has 0 bridgehead atoms. The molecular formula is C25H30N4O2. The first-order valence-electron chi connectivity index (χ1n) is 11.1. The quantitative estimate of drug-likeness (QED) is 0.603. The van der Waals surface area contributed by atoms with E-state index in [9.17, 15) is 4.79 Å². The average molecular weight is 419 g/mol. The predicted molar refractivity (Wildman–Crippen MR) is 122 cm³/mol. The van der Waals surface area contributed by atoms with Crippen molar-refractivity contribution in [3.05, 3.63) is 59.4 Å². The van der Waals surface area contributed by atoms with Gasteiger partial charge in [-0.2, -0.15) is 0 Å². The molecule has 0 radical (unpaired) electrons. The van der Waals surface area contributed by atoms with E-state index in [0.29, 0.717) is 11.7 Å². The summed E-state index contributed by atoms with van der Waals surface area (Å²) in [6.07, 6.45) is 4.49. The van der Waals surface area contributed by atoms with E-state index in [-0.39, 0.29) is 12.5 Å². The Kier molecular flexibility index (Phi) is 6.35. The molecule has 6 nitrogen and oxygen atoms in total. The first kappa shape index (κ1) is 21.1. The molecule has 0 unspecified atom stereocenters. The Labute approximate surface area is 183 Å². The number of carbonyl (C=O) groups excluding carboxylic acids is 1. The van der Waals surface area contributed by atoms with Crippen LogP contribution in [0, 0.1) is 6.92 Å². The van der Waals surface area contributed by atoms with Crippen LogP contribution in [0.3, 0.4) is 0 Å². The zero-order valence-electron chi connectivity index (χ0n) is 18.5. The van der Waals surface area contributed by atoms with Crippen molar-refractivity contribution < 1.29 is 9.53 Å². The topological polar surface area (TPSA) is 69.0 Å². The Hall–Kier alpha value is -3.15. The highest BCUT2D eigenvalue weighted by Crippen LogP contribution is 2.27. The first-order chi connectivity index (χ1) is 15.0. The summed E-state index contributed by atoms with van der Waals surface area (Å²) in [5.74, 6) is 2.89. The van der Waals surface area contributed by atoms with Crippen LogP contribution in [-0.2, 0) is 17.8 Å². The molecule has 1 aliphatic rings. The SMILES string of the molecule is Cc1ccc(-c2nnc3n2CCCCC3)cc1NC(=O)COc1ccc(C(C)C)cc1. The molecular weight excluding hydrogens is 388 g/mol. The number of aryl methyl sites for hydroxylation is 2. The lowest BCUT2D eigenvalue weighted by Gasteiger charge is -2.13. The maximum Gasteiger partial charge on any atom is 0.262 e. The van der Waals surface area contributed by atoms with Gasteiger partial charge in [-0.15, -0.1) is 10.2 Å². The van der Waals surface area contributed by atoms with Crippen LogP contribution in [0.5, 0.6) is 5.75 Å². The minimum absolute atomic E-state index is 0.0367. The van der Waals surface area contributed by atoms with Gasteiger partial charge in [-0.05, 0) is 55.0 Å². The van der Waals surface area contributed by atoms with Crippen molar-refractivity contribution >= 4 is 11.6 Å². The van der Waals surface area contributed by atoms with E-state index in [1.54, 1.807) is 0 Å². The molecule has 0 spiro atoms. The lowest BCUT2D eigenvalue weighted by Crippen LogP contribution is -2.20. The van der Waals surface area contributed by atoms with Gasteiger partial charge in [0, 0.05) is 24.2 Å². The number of rotatable bonds is 6.